The Kier molecular flexibility index (Phi) is 17.5. The summed E-state index contributed by atoms with van der Waals surface area (Å²) in [5.41, 5.74) is 1.09. The number of aliphatic hydroxyl groups excluding tert-OH is 2. The van der Waals surface area contributed by atoms with E-state index in [9.17, 15) is 44.1 Å². The van der Waals surface area contributed by atoms with Crippen LogP contribution in [0.2, 0.25) is 0 Å². The number of thiophene rings is 2. The number of carbonyl (C=O) groups excluding carboxylic acids is 1. The normalized spacial score (nSPS) is 12.6. The summed E-state index contributed by atoms with van der Waals surface area (Å²) >= 11 is 2.29. The van der Waals surface area contributed by atoms with E-state index in [0.717, 1.165) is 15.9 Å². The monoisotopic (exact) mass is 1070 g/mol. The second-order valence-corrected chi connectivity index (χ2v) is 21.3. The summed E-state index contributed by atoms with van der Waals surface area (Å²) in [6.07, 6.45) is 3.92. The molecule has 5 N–H and O–H groups in total. The second-order valence-electron chi connectivity index (χ2n) is 19.3. The van der Waals surface area contributed by atoms with Crippen LogP contribution in [0, 0.1) is 19.8 Å². The lowest BCUT2D eigenvalue weighted by molar-refractivity contribution is -0.146. The van der Waals surface area contributed by atoms with Gasteiger partial charge in [-0.25, -0.2) is 23.5 Å². The molecule has 0 radical (unpaired) electrons. The van der Waals surface area contributed by atoms with Crippen molar-refractivity contribution in [3.05, 3.63) is 137 Å². The lowest BCUT2D eigenvalue weighted by Gasteiger charge is -2.27. The number of hydrogen-bond acceptors (Lipinski definition) is 17. The van der Waals surface area contributed by atoms with Crippen molar-refractivity contribution in [2.45, 2.75) is 118 Å². The molecule has 75 heavy (non-hydrogen) atoms. The third-order valence-corrected chi connectivity index (χ3v) is 14.8. The highest BCUT2D eigenvalue weighted by atomic mass is 32.1. The number of aryl methyl sites for hydroxylation is 2. The van der Waals surface area contributed by atoms with Gasteiger partial charge in [-0.05, 0) is 65.6 Å². The van der Waals surface area contributed by atoms with E-state index >= 15 is 0 Å². The van der Waals surface area contributed by atoms with Crippen molar-refractivity contribution in [2.24, 2.45) is 11.7 Å². The molecule has 2 atom stereocenters. The van der Waals surface area contributed by atoms with E-state index in [1.54, 1.807) is 76.2 Å². The summed E-state index contributed by atoms with van der Waals surface area (Å²) in [5, 5.41) is 50.1. The molecule has 8 aromatic rings. The lowest BCUT2D eigenvalue weighted by atomic mass is 9.91. The van der Waals surface area contributed by atoms with Gasteiger partial charge >= 0.3 is 17.3 Å². The van der Waals surface area contributed by atoms with Crippen LogP contribution >= 0.6 is 22.7 Å². The van der Waals surface area contributed by atoms with Crippen LogP contribution in [-0.4, -0.2) is 95.6 Å². The van der Waals surface area contributed by atoms with Crippen molar-refractivity contribution in [1.29, 1.82) is 0 Å². The van der Waals surface area contributed by atoms with Crippen LogP contribution in [0.1, 0.15) is 96.3 Å². The molecule has 24 heteroatoms. The van der Waals surface area contributed by atoms with E-state index in [0.29, 0.717) is 59.2 Å². The van der Waals surface area contributed by atoms with E-state index < -0.39 is 51.8 Å². The Morgan fingerprint density at radius 2 is 0.987 bits per heavy atom. The number of carboxylic acids is 1. The number of nitrogens with zero attached hydrogens (tertiary/aromatic N) is 10. The number of carboxylic acid groups (broad SMARTS) is 1. The summed E-state index contributed by atoms with van der Waals surface area (Å²) in [6.45, 7) is 16.5. The first-order valence-electron chi connectivity index (χ1n) is 23.8. The van der Waals surface area contributed by atoms with Gasteiger partial charge in [0, 0.05) is 28.7 Å². The first-order chi connectivity index (χ1) is 35.3. The number of ketones is 1. The molecule has 0 saturated heterocycles. The first kappa shape index (κ1) is 56.9. The van der Waals surface area contributed by atoms with Gasteiger partial charge in [0.25, 0.3) is 11.1 Å². The quantitative estimate of drug-likeness (QED) is 0.0963. The maximum Gasteiger partial charge on any atom is 0.333 e. The summed E-state index contributed by atoms with van der Waals surface area (Å²) in [6, 6.07) is 14.2. The minimum absolute atomic E-state index is 0.0566. The van der Waals surface area contributed by atoms with Crippen molar-refractivity contribution < 1.29 is 34.4 Å². The van der Waals surface area contributed by atoms with E-state index in [1.165, 1.54) is 82.9 Å². The minimum Gasteiger partial charge on any atom is -0.496 e. The van der Waals surface area contributed by atoms with Crippen molar-refractivity contribution in [2.75, 3.05) is 14.2 Å². The van der Waals surface area contributed by atoms with Gasteiger partial charge in [-0.1, -0.05) is 86.8 Å². The average molecular weight is 1070 g/mol. The summed E-state index contributed by atoms with van der Waals surface area (Å²) < 4.78 is 15.0. The number of benzene rings is 2. The van der Waals surface area contributed by atoms with Gasteiger partial charge in [0.15, 0.2) is 5.78 Å². The molecule has 6 heterocycles. The molecule has 22 nitrogen and oxygen atoms in total. The summed E-state index contributed by atoms with van der Waals surface area (Å²) in [7, 11) is 2.97. The van der Waals surface area contributed by atoms with Crippen LogP contribution in [0.3, 0.4) is 0 Å². The van der Waals surface area contributed by atoms with Gasteiger partial charge in [-0.3, -0.25) is 23.5 Å². The number of para-hydroxylation sites is 2. The summed E-state index contributed by atoms with van der Waals surface area (Å²) in [4.78, 5) is 83.5. The smallest absolute Gasteiger partial charge is 0.333 e. The molecular weight excluding hydrogens is 1010 g/mol. The zero-order valence-corrected chi connectivity index (χ0v) is 45.5. The zero-order valence-electron chi connectivity index (χ0n) is 43.8. The maximum absolute atomic E-state index is 14.0. The molecule has 0 aliphatic rings. The standard InChI is InChI=1S/C26H31N5O5S.C22H23N5O6S.C3H9N/c1-15(2)13-20(33)26(4,5)30-22(34)21-16(3)23(31-27-11-12-28-31)37-24(21)29(25(30)35)14-18(32)17-9-7-8-10-19(17)36-6;1-12-16-17(29)26(22(2,3)20(30)31)21(32)25(19(16)34-18(12)27-23-9-10-24-27)11-14(28)13-7-5-6-8-15(13)33-4;1-3(2)4/h7-12,15,18,32H,13-14H2,1-6H3;5-10,14,28H,11H2,1-4H3,(H,30,31);3H,4H2,1-2H3/t18-;14-;/m00./s1. The van der Waals surface area contributed by atoms with Crippen LogP contribution in [-0.2, 0) is 33.8 Å². The van der Waals surface area contributed by atoms with Gasteiger partial charge in [0.1, 0.15) is 54.4 Å². The van der Waals surface area contributed by atoms with Gasteiger partial charge in [0.2, 0.25) is 0 Å². The van der Waals surface area contributed by atoms with Crippen LogP contribution in [0.15, 0.2) is 92.5 Å². The SMILES string of the molecule is CC(C)N.COc1ccccc1[C@@H](O)Cn1c(=O)n(C(C)(C)C(=O)CC(C)C)c(=O)c2c(C)c(-n3nccn3)sc21.COc1ccccc1[C@@H](O)Cn1c(=O)n(C(C)(C)C(=O)O)c(=O)c2c(C)c(-n3nccn3)sc21. The Morgan fingerprint density at radius 1 is 0.640 bits per heavy atom. The maximum atomic E-state index is 14.0. The molecule has 0 unspecified atom stereocenters. The average Bonchev–Trinajstić information content (AvgIpc) is 4.19. The van der Waals surface area contributed by atoms with E-state index in [1.807, 2.05) is 27.7 Å². The molecule has 0 fully saturated rings. The molecule has 0 saturated carbocycles. The second kappa shape index (κ2) is 23.0. The topological polar surface area (TPSA) is 289 Å². The Balaban J connectivity index is 0.000000228. The molecule has 6 aromatic heterocycles. The number of hydrogen-bond donors (Lipinski definition) is 4. The number of carbonyl (C=O) groups is 2. The van der Waals surface area contributed by atoms with Crippen molar-refractivity contribution >= 4 is 54.9 Å². The molecule has 0 spiro atoms. The van der Waals surface area contributed by atoms with Crippen LogP contribution in [0.5, 0.6) is 11.5 Å². The van der Waals surface area contributed by atoms with E-state index in [2.05, 4.69) is 20.4 Å². The molecule has 0 aliphatic heterocycles. The third kappa shape index (κ3) is 11.3. The number of methoxy groups -OCH3 is 2. The number of aliphatic carboxylic acids is 1. The first-order valence-corrected chi connectivity index (χ1v) is 25.4. The lowest BCUT2D eigenvalue weighted by Crippen LogP contribution is -2.53. The number of Topliss-reactive ketones (excluding diaryl/α,β-unsaturated/α-hetero) is 1. The Hall–Kier alpha value is -7.38. The fourth-order valence-electron chi connectivity index (χ4n) is 8.27. The van der Waals surface area contributed by atoms with Crippen molar-refractivity contribution in [1.82, 2.24) is 48.3 Å². The number of fused-ring (bicyclic) bond motifs is 2. The van der Waals surface area contributed by atoms with Crippen LogP contribution in [0.25, 0.3) is 30.4 Å². The molecular formula is C51H63N11O11S2. The number of nitrogens with two attached hydrogens (primary N) is 1. The molecule has 8 rings (SSSR count). The highest BCUT2D eigenvalue weighted by Gasteiger charge is 2.37. The number of ether oxygens (including phenoxy) is 2. The number of rotatable bonds is 16. The minimum atomic E-state index is -1.84. The van der Waals surface area contributed by atoms with Crippen LogP contribution < -0.4 is 37.7 Å². The van der Waals surface area contributed by atoms with Gasteiger partial charge in [-0.15, -0.1) is 9.59 Å². The highest BCUT2D eigenvalue weighted by molar-refractivity contribution is 7.21. The van der Waals surface area contributed by atoms with Gasteiger partial charge in [0.05, 0.1) is 62.9 Å². The molecule has 0 aliphatic carbocycles. The van der Waals surface area contributed by atoms with E-state index in [4.69, 9.17) is 15.2 Å². The molecule has 2 aromatic carbocycles. The summed E-state index contributed by atoms with van der Waals surface area (Å²) in [5.74, 6) is -0.600. The molecule has 0 amide bonds. The van der Waals surface area contributed by atoms with Gasteiger partial charge in [-0.2, -0.15) is 20.4 Å². The predicted molar refractivity (Wildman–Crippen MR) is 286 cm³/mol. The molecule has 0 bridgehead atoms. The van der Waals surface area contributed by atoms with Gasteiger partial charge < -0.3 is 30.5 Å². The predicted octanol–water partition coefficient (Wildman–Crippen LogP) is 5.24. The number of aliphatic hydroxyl groups is 2. The third-order valence-electron chi connectivity index (χ3n) is 12.2. The Morgan fingerprint density at radius 3 is 1.32 bits per heavy atom. The van der Waals surface area contributed by atoms with E-state index in [-0.39, 0.29) is 46.8 Å². The highest BCUT2D eigenvalue weighted by Crippen LogP contribution is 2.35. The largest absolute Gasteiger partial charge is 0.496 e. The Bertz CT molecular complexity index is 3580. The van der Waals surface area contributed by atoms with Crippen molar-refractivity contribution in [3.8, 4) is 21.5 Å². The van der Waals surface area contributed by atoms with Crippen LogP contribution in [0.4, 0.5) is 0 Å². The van der Waals surface area contributed by atoms with Crippen molar-refractivity contribution in [3.63, 3.8) is 0 Å². The molecule has 400 valence electrons. The zero-order chi connectivity index (χ0) is 55.4. The Labute approximate surface area is 438 Å². The fourth-order valence-corrected chi connectivity index (χ4v) is 10.7. The number of aromatic nitrogens is 10. The fraction of sp³-hybridized carbons (Fsp3) is 0.412.